The third-order valence-electron chi connectivity index (χ3n) is 2.97. The predicted molar refractivity (Wildman–Crippen MR) is 79.9 cm³/mol. The first-order valence-corrected chi connectivity index (χ1v) is 7.90. The molecule has 1 atom stereocenters. The summed E-state index contributed by atoms with van der Waals surface area (Å²) in [7, 11) is -3.83. The van der Waals surface area contributed by atoms with Gasteiger partial charge < -0.3 is 5.32 Å². The maximum absolute atomic E-state index is 13.1. The van der Waals surface area contributed by atoms with Crippen molar-refractivity contribution in [3.05, 3.63) is 28.0 Å². The minimum absolute atomic E-state index is 0. The van der Waals surface area contributed by atoms with E-state index in [-0.39, 0.29) is 33.4 Å². The summed E-state index contributed by atoms with van der Waals surface area (Å²) < 4.78 is 39.6. The highest BCUT2D eigenvalue weighted by Gasteiger charge is 2.34. The Labute approximate surface area is 133 Å². The molecule has 0 amide bonds. The van der Waals surface area contributed by atoms with Crippen molar-refractivity contribution < 1.29 is 12.8 Å². The number of hydrogen-bond acceptors (Lipinski definition) is 3. The molecule has 1 N–H and O–H groups in total. The summed E-state index contributed by atoms with van der Waals surface area (Å²) in [4.78, 5) is -0.231. The van der Waals surface area contributed by atoms with Crippen LogP contribution in [-0.2, 0) is 10.0 Å². The van der Waals surface area contributed by atoms with Gasteiger partial charge in [-0.1, -0.05) is 23.2 Å². The van der Waals surface area contributed by atoms with Gasteiger partial charge >= 0.3 is 0 Å². The number of nitrogens with zero attached hydrogens (tertiary/aromatic N) is 1. The molecule has 0 aliphatic carbocycles. The van der Waals surface area contributed by atoms with E-state index in [1.54, 1.807) is 6.92 Å². The second-order valence-electron chi connectivity index (χ2n) is 4.37. The lowest BCUT2D eigenvalue weighted by molar-refractivity contribution is 0.284. The van der Waals surface area contributed by atoms with E-state index in [0.717, 1.165) is 12.1 Å². The molecule has 0 saturated carbocycles. The molecule has 1 aliphatic heterocycles. The minimum atomic E-state index is -3.83. The molecule has 1 heterocycles. The van der Waals surface area contributed by atoms with Gasteiger partial charge in [0.05, 0.1) is 10.0 Å². The quantitative estimate of drug-likeness (QED) is 0.878. The number of piperazine rings is 1. The summed E-state index contributed by atoms with van der Waals surface area (Å²) in [5.41, 5.74) is 0. The number of sulfonamides is 1. The molecule has 20 heavy (non-hydrogen) atoms. The summed E-state index contributed by atoms with van der Waals surface area (Å²) in [6.45, 7) is 3.22. The number of halogens is 4. The Balaban J connectivity index is 0.00000200. The van der Waals surface area contributed by atoms with E-state index in [1.165, 1.54) is 4.31 Å². The van der Waals surface area contributed by atoms with Gasteiger partial charge in [-0.3, -0.25) is 0 Å². The fraction of sp³-hybridized carbons (Fsp3) is 0.455. The first-order chi connectivity index (χ1) is 8.84. The van der Waals surface area contributed by atoms with Crippen molar-refractivity contribution in [1.29, 1.82) is 0 Å². The summed E-state index contributed by atoms with van der Waals surface area (Å²) in [6.07, 6.45) is 0. The lowest BCUT2D eigenvalue weighted by Gasteiger charge is -2.33. The SMILES string of the molecule is CC1CNCCN1S(=O)(=O)c1c(Cl)cc(F)cc1Cl.Cl. The van der Waals surface area contributed by atoms with Crippen molar-refractivity contribution >= 4 is 45.6 Å². The van der Waals surface area contributed by atoms with Crippen LogP contribution in [0.5, 0.6) is 0 Å². The molecular weight excluding hydrogens is 350 g/mol. The lowest BCUT2D eigenvalue weighted by Crippen LogP contribution is -2.52. The first kappa shape index (κ1) is 17.9. The van der Waals surface area contributed by atoms with E-state index in [2.05, 4.69) is 5.32 Å². The number of hydrogen-bond donors (Lipinski definition) is 1. The highest BCUT2D eigenvalue weighted by atomic mass is 35.5. The summed E-state index contributed by atoms with van der Waals surface area (Å²) in [6, 6.07) is 1.69. The Hall–Kier alpha value is -0.110. The fourth-order valence-corrected chi connectivity index (χ4v) is 4.84. The van der Waals surface area contributed by atoms with Crippen LogP contribution in [0, 0.1) is 5.82 Å². The van der Waals surface area contributed by atoms with Crippen LogP contribution in [0.2, 0.25) is 10.0 Å². The van der Waals surface area contributed by atoms with Crippen molar-refractivity contribution in [2.45, 2.75) is 17.9 Å². The molecule has 0 aromatic heterocycles. The molecule has 1 aromatic rings. The van der Waals surface area contributed by atoms with Crippen LogP contribution in [0.1, 0.15) is 6.92 Å². The monoisotopic (exact) mass is 362 g/mol. The van der Waals surface area contributed by atoms with Crippen molar-refractivity contribution in [2.24, 2.45) is 0 Å². The molecule has 9 heteroatoms. The molecular formula is C11H14Cl3FN2O2S. The van der Waals surface area contributed by atoms with Gasteiger partial charge in [0.25, 0.3) is 0 Å². The number of nitrogens with one attached hydrogen (secondary N) is 1. The van der Waals surface area contributed by atoms with E-state index >= 15 is 0 Å². The van der Waals surface area contributed by atoms with Gasteiger partial charge in [-0.05, 0) is 19.1 Å². The van der Waals surface area contributed by atoms with E-state index in [9.17, 15) is 12.8 Å². The molecule has 1 aliphatic rings. The van der Waals surface area contributed by atoms with Crippen LogP contribution in [0.4, 0.5) is 4.39 Å². The average Bonchev–Trinajstić information content (AvgIpc) is 2.27. The van der Waals surface area contributed by atoms with Crippen molar-refractivity contribution in [1.82, 2.24) is 9.62 Å². The van der Waals surface area contributed by atoms with Crippen molar-refractivity contribution in [3.63, 3.8) is 0 Å². The smallest absolute Gasteiger partial charge is 0.246 e. The summed E-state index contributed by atoms with van der Waals surface area (Å²) >= 11 is 11.7. The number of benzene rings is 1. The molecule has 1 saturated heterocycles. The average molecular weight is 364 g/mol. The van der Waals surface area contributed by atoms with Crippen molar-refractivity contribution in [2.75, 3.05) is 19.6 Å². The van der Waals surface area contributed by atoms with Crippen LogP contribution in [0.3, 0.4) is 0 Å². The predicted octanol–water partition coefficient (Wildman–Crippen LogP) is 2.54. The van der Waals surface area contributed by atoms with Gasteiger partial charge in [-0.25, -0.2) is 12.8 Å². The molecule has 0 spiro atoms. The zero-order valence-corrected chi connectivity index (χ0v) is 13.7. The van der Waals surface area contributed by atoms with Gasteiger partial charge in [0, 0.05) is 25.7 Å². The highest BCUT2D eigenvalue weighted by Crippen LogP contribution is 2.33. The Morgan fingerprint density at radius 1 is 1.35 bits per heavy atom. The number of rotatable bonds is 2. The normalized spacial score (nSPS) is 20.5. The van der Waals surface area contributed by atoms with Gasteiger partial charge in [0.2, 0.25) is 10.0 Å². The second-order valence-corrected chi connectivity index (χ2v) is 7.01. The summed E-state index contributed by atoms with van der Waals surface area (Å²) in [5, 5.41) is 2.70. The molecule has 2 rings (SSSR count). The van der Waals surface area contributed by atoms with E-state index in [4.69, 9.17) is 23.2 Å². The van der Waals surface area contributed by atoms with E-state index in [0.29, 0.717) is 19.6 Å². The van der Waals surface area contributed by atoms with Gasteiger partial charge in [-0.2, -0.15) is 4.31 Å². The summed E-state index contributed by atoms with van der Waals surface area (Å²) in [5.74, 6) is -0.665. The van der Waals surface area contributed by atoms with Gasteiger partial charge in [-0.15, -0.1) is 12.4 Å². The Morgan fingerprint density at radius 2 is 1.90 bits per heavy atom. The van der Waals surface area contributed by atoms with Crippen LogP contribution >= 0.6 is 35.6 Å². The van der Waals surface area contributed by atoms with Crippen molar-refractivity contribution in [3.8, 4) is 0 Å². The largest absolute Gasteiger partial charge is 0.314 e. The zero-order valence-electron chi connectivity index (χ0n) is 10.6. The fourth-order valence-electron chi connectivity index (χ4n) is 2.07. The third kappa shape index (κ3) is 3.37. The van der Waals surface area contributed by atoms with Gasteiger partial charge in [0.15, 0.2) is 0 Å². The van der Waals surface area contributed by atoms with Crippen LogP contribution in [0.25, 0.3) is 0 Å². The van der Waals surface area contributed by atoms with E-state index < -0.39 is 15.8 Å². The third-order valence-corrected chi connectivity index (χ3v) is 5.91. The molecule has 1 aromatic carbocycles. The standard InChI is InChI=1S/C11H13Cl2FN2O2S.ClH/c1-7-6-15-2-3-16(7)19(17,18)11-9(12)4-8(14)5-10(11)13;/h4-5,7,15H,2-3,6H2,1H3;1H. The second kappa shape index (κ2) is 6.77. The molecule has 1 unspecified atom stereocenters. The van der Waals surface area contributed by atoms with E-state index in [1.807, 2.05) is 0 Å². The Kier molecular flexibility index (Phi) is 6.07. The molecule has 1 fully saturated rings. The molecule has 0 radical (unpaired) electrons. The van der Waals surface area contributed by atoms with Crippen LogP contribution in [-0.4, -0.2) is 38.4 Å². The van der Waals surface area contributed by atoms with Crippen LogP contribution in [0.15, 0.2) is 17.0 Å². The first-order valence-electron chi connectivity index (χ1n) is 5.71. The highest BCUT2D eigenvalue weighted by molar-refractivity contribution is 7.89. The lowest BCUT2D eigenvalue weighted by atomic mass is 10.3. The Morgan fingerprint density at radius 3 is 2.40 bits per heavy atom. The molecule has 114 valence electrons. The van der Waals surface area contributed by atoms with Crippen LogP contribution < -0.4 is 5.32 Å². The minimum Gasteiger partial charge on any atom is -0.314 e. The zero-order chi connectivity index (χ0) is 14.2. The maximum Gasteiger partial charge on any atom is 0.246 e. The van der Waals surface area contributed by atoms with Gasteiger partial charge in [0.1, 0.15) is 10.7 Å². The Bertz CT molecular complexity index is 574. The topological polar surface area (TPSA) is 49.4 Å². The molecule has 4 nitrogen and oxygen atoms in total. The molecule has 0 bridgehead atoms. The maximum atomic E-state index is 13.1.